The summed E-state index contributed by atoms with van der Waals surface area (Å²) in [4.78, 5) is 31.9. The van der Waals surface area contributed by atoms with Crippen molar-refractivity contribution < 1.29 is 22.8 Å². The topological polar surface area (TPSA) is 66.7 Å². The van der Waals surface area contributed by atoms with E-state index in [0.717, 1.165) is 17.8 Å². The average Bonchev–Trinajstić information content (AvgIpc) is 3.12. The minimum Gasteiger partial charge on any atom is -0.350 e. The summed E-state index contributed by atoms with van der Waals surface area (Å²) in [6.45, 7) is 0.740. The molecule has 2 bridgehead atoms. The van der Waals surface area contributed by atoms with E-state index in [-0.39, 0.29) is 36.6 Å². The molecule has 0 radical (unpaired) electrons. The van der Waals surface area contributed by atoms with Gasteiger partial charge in [-0.3, -0.25) is 14.0 Å². The second-order valence-corrected chi connectivity index (χ2v) is 12.6. The number of hydrogen-bond donors (Lipinski definition) is 1. The van der Waals surface area contributed by atoms with Crippen molar-refractivity contribution in [2.75, 3.05) is 19.6 Å². The Morgan fingerprint density at radius 3 is 2.84 bits per heavy atom. The quantitative estimate of drug-likeness (QED) is 0.633. The molecule has 1 N–H and O–H groups in total. The Morgan fingerprint density at radius 2 is 2.00 bits per heavy atom. The van der Waals surface area contributed by atoms with Crippen LogP contribution in [0.15, 0.2) is 24.4 Å². The Hall–Kier alpha value is -2.58. The number of imidazole rings is 1. The van der Waals surface area contributed by atoms with Crippen LogP contribution < -0.4 is 5.32 Å². The lowest BCUT2D eigenvalue weighted by Gasteiger charge is -2.36. The fourth-order valence-electron chi connectivity index (χ4n) is 8.80. The first-order chi connectivity index (χ1) is 17.7. The number of nitrogens with one attached hydrogen (secondary N) is 1. The van der Waals surface area contributed by atoms with Gasteiger partial charge < -0.3 is 10.2 Å². The standard InChI is InChI=1S/C28H33F3N4O2/c29-28(30,31)18-3-2-8-34(14-18)24(36)9-20-15-35-22(4-1-5-23(35)33-20)25(37)32-16-26-10-17-6-7-27(21(17)13-26)12-19(27)11-26/h1,4-5,15,17-19,21H,2-3,6-14,16H2,(H,32,37). The van der Waals surface area contributed by atoms with Crippen molar-refractivity contribution >= 4 is 17.5 Å². The van der Waals surface area contributed by atoms with Crippen molar-refractivity contribution in [2.45, 2.75) is 64.0 Å². The van der Waals surface area contributed by atoms with Crippen LogP contribution in [0.4, 0.5) is 13.2 Å². The zero-order chi connectivity index (χ0) is 25.6. The number of pyridine rings is 1. The molecule has 4 aliphatic carbocycles. The molecule has 1 aliphatic heterocycles. The Labute approximate surface area is 214 Å². The van der Waals surface area contributed by atoms with Gasteiger partial charge in [0.25, 0.3) is 5.91 Å². The van der Waals surface area contributed by atoms with E-state index in [1.807, 2.05) is 0 Å². The Balaban J connectivity index is 1.03. The van der Waals surface area contributed by atoms with Gasteiger partial charge >= 0.3 is 6.18 Å². The summed E-state index contributed by atoms with van der Waals surface area (Å²) in [6, 6.07) is 5.30. The number of halogens is 3. The first-order valence-electron chi connectivity index (χ1n) is 13.8. The van der Waals surface area contributed by atoms with Gasteiger partial charge in [0.2, 0.25) is 5.91 Å². The lowest BCUT2D eigenvalue weighted by atomic mass is 9.71. The van der Waals surface area contributed by atoms with Crippen LogP contribution in [0.1, 0.15) is 67.5 Å². The Kier molecular flexibility index (Phi) is 5.06. The highest BCUT2D eigenvalue weighted by molar-refractivity contribution is 5.93. The number of piperidine rings is 1. The third-order valence-corrected chi connectivity index (χ3v) is 10.6. The van der Waals surface area contributed by atoms with Gasteiger partial charge in [0, 0.05) is 25.8 Å². The van der Waals surface area contributed by atoms with E-state index in [4.69, 9.17) is 0 Å². The highest BCUT2D eigenvalue weighted by Gasteiger charge is 2.72. The number of likely N-dealkylation sites (tertiary alicyclic amines) is 1. The van der Waals surface area contributed by atoms with E-state index in [2.05, 4.69) is 10.3 Å². The van der Waals surface area contributed by atoms with E-state index >= 15 is 0 Å². The molecule has 198 valence electrons. The molecule has 37 heavy (non-hydrogen) atoms. The predicted molar refractivity (Wildman–Crippen MR) is 130 cm³/mol. The number of nitrogens with zero attached hydrogens (tertiary/aromatic N) is 3. The number of rotatable bonds is 5. The van der Waals surface area contributed by atoms with Crippen LogP contribution in [-0.2, 0) is 11.2 Å². The van der Waals surface area contributed by atoms with Crippen LogP contribution in [-0.4, -0.2) is 51.9 Å². The highest BCUT2D eigenvalue weighted by Crippen LogP contribution is 2.79. The van der Waals surface area contributed by atoms with E-state index in [1.165, 1.54) is 43.4 Å². The number of fused-ring (bicyclic) bond motifs is 2. The number of hydrogen-bond acceptors (Lipinski definition) is 3. The largest absolute Gasteiger partial charge is 0.393 e. The minimum atomic E-state index is -4.29. The number of carbonyl (C=O) groups excluding carboxylic acids is 2. The van der Waals surface area contributed by atoms with Crippen molar-refractivity contribution in [3.05, 3.63) is 35.8 Å². The maximum Gasteiger partial charge on any atom is 0.393 e. The first-order valence-corrected chi connectivity index (χ1v) is 13.8. The van der Waals surface area contributed by atoms with Gasteiger partial charge in [0.05, 0.1) is 18.0 Å². The summed E-state index contributed by atoms with van der Waals surface area (Å²) >= 11 is 0. The average molecular weight is 515 g/mol. The Morgan fingerprint density at radius 1 is 1.14 bits per heavy atom. The lowest BCUT2D eigenvalue weighted by Crippen LogP contribution is -2.45. The molecule has 9 heteroatoms. The molecule has 0 aromatic carbocycles. The smallest absolute Gasteiger partial charge is 0.350 e. The predicted octanol–water partition coefficient (Wildman–Crippen LogP) is 4.62. The van der Waals surface area contributed by atoms with Crippen molar-refractivity contribution in [3.63, 3.8) is 0 Å². The summed E-state index contributed by atoms with van der Waals surface area (Å²) in [5.41, 5.74) is 2.37. The van der Waals surface area contributed by atoms with Crippen molar-refractivity contribution in [1.82, 2.24) is 19.6 Å². The maximum absolute atomic E-state index is 13.3. The Bertz CT molecular complexity index is 1270. The summed E-state index contributed by atoms with van der Waals surface area (Å²) in [5, 5.41) is 3.23. The SMILES string of the molecule is O=C(NCC12CC3CCC4(CC4C1)C3C2)c1cccc2nc(CC(=O)N3CCCC(C(F)(F)F)C3)cn12. The number of carbonyl (C=O) groups is 2. The molecular weight excluding hydrogens is 481 g/mol. The molecule has 1 saturated heterocycles. The van der Waals surface area contributed by atoms with Crippen LogP contribution in [0, 0.1) is 34.5 Å². The molecule has 2 aromatic heterocycles. The maximum atomic E-state index is 13.3. The first kappa shape index (κ1) is 23.5. The van der Waals surface area contributed by atoms with Gasteiger partial charge in [-0.2, -0.15) is 13.2 Å². The van der Waals surface area contributed by atoms with Gasteiger partial charge in [0.1, 0.15) is 11.3 Å². The third kappa shape index (κ3) is 3.78. The fraction of sp³-hybridized carbons (Fsp3) is 0.679. The minimum absolute atomic E-state index is 0.0598. The molecule has 2 aromatic rings. The highest BCUT2D eigenvalue weighted by atomic mass is 19.4. The summed E-state index contributed by atoms with van der Waals surface area (Å²) < 4.78 is 41.2. The van der Waals surface area contributed by atoms with Crippen molar-refractivity contribution in [1.29, 1.82) is 0 Å². The van der Waals surface area contributed by atoms with Crippen LogP contribution in [0.3, 0.4) is 0 Å². The molecule has 2 amide bonds. The molecule has 7 rings (SSSR count). The van der Waals surface area contributed by atoms with Crippen LogP contribution in [0.2, 0.25) is 0 Å². The molecule has 6 atom stereocenters. The van der Waals surface area contributed by atoms with Crippen molar-refractivity contribution in [3.8, 4) is 0 Å². The van der Waals surface area contributed by atoms with Gasteiger partial charge in [-0.05, 0) is 92.1 Å². The molecular formula is C28H33F3N4O2. The van der Waals surface area contributed by atoms with Gasteiger partial charge in [0.15, 0.2) is 0 Å². The third-order valence-electron chi connectivity index (χ3n) is 10.6. The van der Waals surface area contributed by atoms with E-state index in [1.54, 1.807) is 28.8 Å². The monoisotopic (exact) mass is 514 g/mol. The molecule has 3 heterocycles. The van der Waals surface area contributed by atoms with E-state index in [9.17, 15) is 22.8 Å². The summed E-state index contributed by atoms with van der Waals surface area (Å²) in [7, 11) is 0. The zero-order valence-corrected chi connectivity index (χ0v) is 20.9. The van der Waals surface area contributed by atoms with Crippen LogP contribution in [0.5, 0.6) is 0 Å². The van der Waals surface area contributed by atoms with Gasteiger partial charge in [-0.15, -0.1) is 0 Å². The second-order valence-electron chi connectivity index (χ2n) is 12.6. The van der Waals surface area contributed by atoms with Gasteiger partial charge in [-0.1, -0.05) is 6.07 Å². The molecule has 4 saturated carbocycles. The van der Waals surface area contributed by atoms with Crippen LogP contribution in [0.25, 0.3) is 5.65 Å². The molecule has 6 unspecified atom stereocenters. The van der Waals surface area contributed by atoms with Gasteiger partial charge in [-0.25, -0.2) is 4.98 Å². The molecule has 5 aliphatic rings. The number of alkyl halides is 3. The fourth-order valence-corrected chi connectivity index (χ4v) is 8.80. The normalized spacial score (nSPS) is 36.0. The molecule has 5 fully saturated rings. The zero-order valence-electron chi connectivity index (χ0n) is 20.9. The van der Waals surface area contributed by atoms with E-state index in [0.29, 0.717) is 42.0 Å². The van der Waals surface area contributed by atoms with Crippen LogP contribution >= 0.6 is 0 Å². The lowest BCUT2D eigenvalue weighted by molar-refractivity contribution is -0.187. The summed E-state index contributed by atoms with van der Waals surface area (Å²) in [5.74, 6) is 0.589. The number of amides is 2. The van der Waals surface area contributed by atoms with Crippen molar-refractivity contribution in [2.24, 2.45) is 34.5 Å². The molecule has 6 nitrogen and oxygen atoms in total. The number of aromatic nitrogens is 2. The van der Waals surface area contributed by atoms with E-state index < -0.39 is 12.1 Å². The molecule has 1 spiro atoms. The summed E-state index contributed by atoms with van der Waals surface area (Å²) in [6.07, 6.45) is 5.62. The second kappa shape index (κ2) is 7.96.